The predicted molar refractivity (Wildman–Crippen MR) is 116 cm³/mol. The first-order valence-corrected chi connectivity index (χ1v) is 10.6. The van der Waals surface area contributed by atoms with Crippen molar-refractivity contribution < 1.29 is 9.53 Å². The van der Waals surface area contributed by atoms with Crippen LogP contribution in [0, 0.1) is 6.92 Å². The molecule has 1 amide bonds. The zero-order valence-electron chi connectivity index (χ0n) is 17.2. The fourth-order valence-electron chi connectivity index (χ4n) is 3.06. The molecule has 0 spiro atoms. The van der Waals surface area contributed by atoms with Crippen LogP contribution in [0.4, 0.5) is 5.69 Å². The number of rotatable bonds is 7. The molecule has 0 radical (unpaired) electrons. The number of nitrogens with zero attached hydrogens (tertiary/aromatic N) is 7. The lowest BCUT2D eigenvalue weighted by atomic mass is 10.2. The number of amides is 1. The van der Waals surface area contributed by atoms with E-state index in [4.69, 9.17) is 4.74 Å². The van der Waals surface area contributed by atoms with Crippen molar-refractivity contribution in [1.82, 2.24) is 35.2 Å². The summed E-state index contributed by atoms with van der Waals surface area (Å²) in [6.07, 6.45) is 1.90. The number of tetrazole rings is 1. The summed E-state index contributed by atoms with van der Waals surface area (Å²) in [7, 11) is 1.57. The number of ether oxygens (including phenoxy) is 1. The van der Waals surface area contributed by atoms with Crippen LogP contribution in [-0.4, -0.2) is 54.5 Å². The number of aryl methyl sites for hydroxylation is 1. The second-order valence-electron chi connectivity index (χ2n) is 6.65. The minimum absolute atomic E-state index is 0.194. The summed E-state index contributed by atoms with van der Waals surface area (Å²) in [5.41, 5.74) is 4.07. The van der Waals surface area contributed by atoms with E-state index in [0.29, 0.717) is 16.5 Å². The van der Waals surface area contributed by atoms with Crippen molar-refractivity contribution in [2.75, 3.05) is 18.7 Å². The van der Waals surface area contributed by atoms with Crippen LogP contribution in [0.2, 0.25) is 0 Å². The molecule has 31 heavy (non-hydrogen) atoms. The van der Waals surface area contributed by atoms with Crippen molar-refractivity contribution in [1.29, 1.82) is 0 Å². The summed E-state index contributed by atoms with van der Waals surface area (Å²) < 4.78 is 8.54. The summed E-state index contributed by atoms with van der Waals surface area (Å²) in [5.74, 6) is -0.370. The molecule has 0 atom stereocenters. The Labute approximate surface area is 182 Å². The first kappa shape index (κ1) is 20.7. The van der Waals surface area contributed by atoms with E-state index in [1.54, 1.807) is 28.6 Å². The second-order valence-corrected chi connectivity index (χ2v) is 7.42. The lowest BCUT2D eigenvalue weighted by molar-refractivity contribution is 0.101. The number of anilines is 1. The summed E-state index contributed by atoms with van der Waals surface area (Å²) in [6, 6.07) is 15.0. The number of hydrogen-bond acceptors (Lipinski definition) is 8. The lowest BCUT2D eigenvalue weighted by Crippen LogP contribution is -2.16. The van der Waals surface area contributed by atoms with Gasteiger partial charge in [0.05, 0.1) is 18.0 Å². The maximum Gasteiger partial charge on any atom is 0.278 e. The molecular weight excluding hydrogens is 416 g/mol. The number of aromatic nitrogens is 7. The van der Waals surface area contributed by atoms with Crippen LogP contribution in [0.3, 0.4) is 0 Å². The first-order chi connectivity index (χ1) is 15.1. The molecule has 0 bridgehead atoms. The Balaban J connectivity index is 1.57. The summed E-state index contributed by atoms with van der Waals surface area (Å²) in [5, 5.41) is 23.4. The zero-order valence-corrected chi connectivity index (χ0v) is 18.0. The molecular formula is C20H20N8O2S. The van der Waals surface area contributed by atoms with E-state index in [9.17, 15) is 4.79 Å². The number of hydrogen-bond donors (Lipinski definition) is 1. The zero-order chi connectivity index (χ0) is 21.8. The van der Waals surface area contributed by atoms with Crippen molar-refractivity contribution in [3.63, 3.8) is 0 Å². The van der Waals surface area contributed by atoms with Gasteiger partial charge in [0.25, 0.3) is 5.91 Å². The molecule has 2 aromatic carbocycles. The van der Waals surface area contributed by atoms with E-state index in [1.807, 2.05) is 49.6 Å². The molecule has 0 unspecified atom stereocenters. The van der Waals surface area contributed by atoms with Crippen molar-refractivity contribution >= 4 is 23.4 Å². The molecule has 0 aliphatic heterocycles. The predicted octanol–water partition coefficient (Wildman–Crippen LogP) is 2.67. The Morgan fingerprint density at radius 1 is 1.06 bits per heavy atom. The van der Waals surface area contributed by atoms with Crippen LogP contribution in [0.1, 0.15) is 21.7 Å². The standard InChI is InChI=1S/C20H20N8O2S/c1-13-5-4-6-16(11-13)27-17(12-30-2)18(22-25-27)19(29)21-14-7-9-15(10-8-14)28-20(31-3)23-24-26-28/h4-11H,12H2,1-3H3,(H,21,29). The van der Waals surface area contributed by atoms with Gasteiger partial charge in [-0.2, -0.15) is 4.68 Å². The normalized spacial score (nSPS) is 10.9. The van der Waals surface area contributed by atoms with Crippen molar-refractivity contribution in [3.8, 4) is 11.4 Å². The molecule has 4 aromatic rings. The quantitative estimate of drug-likeness (QED) is 0.440. The van der Waals surface area contributed by atoms with Crippen LogP contribution < -0.4 is 5.32 Å². The Kier molecular flexibility index (Phi) is 6.05. The Morgan fingerprint density at radius 2 is 1.87 bits per heavy atom. The van der Waals surface area contributed by atoms with E-state index in [-0.39, 0.29) is 18.2 Å². The number of benzene rings is 2. The number of thioether (sulfide) groups is 1. The molecule has 0 aliphatic rings. The van der Waals surface area contributed by atoms with E-state index in [0.717, 1.165) is 16.9 Å². The van der Waals surface area contributed by atoms with E-state index < -0.39 is 0 Å². The monoisotopic (exact) mass is 436 g/mol. The minimum atomic E-state index is -0.370. The lowest BCUT2D eigenvalue weighted by Gasteiger charge is -2.09. The Hall–Kier alpha value is -3.57. The van der Waals surface area contributed by atoms with Gasteiger partial charge < -0.3 is 10.1 Å². The summed E-state index contributed by atoms with van der Waals surface area (Å²) >= 11 is 1.44. The third-order valence-electron chi connectivity index (χ3n) is 4.50. The number of nitrogens with one attached hydrogen (secondary N) is 1. The first-order valence-electron chi connectivity index (χ1n) is 9.35. The molecule has 0 saturated carbocycles. The fourth-order valence-corrected chi connectivity index (χ4v) is 3.49. The largest absolute Gasteiger partial charge is 0.378 e. The molecule has 0 aliphatic carbocycles. The van der Waals surface area contributed by atoms with Crippen molar-refractivity contribution in [2.45, 2.75) is 18.7 Å². The SMILES string of the molecule is COCc1c(C(=O)Nc2ccc(-n3nnnc3SC)cc2)nnn1-c1cccc(C)c1. The van der Waals surface area contributed by atoms with Gasteiger partial charge in [-0.15, -0.1) is 10.2 Å². The van der Waals surface area contributed by atoms with Crippen molar-refractivity contribution in [3.05, 3.63) is 65.5 Å². The summed E-state index contributed by atoms with van der Waals surface area (Å²) in [6.45, 7) is 2.19. The molecule has 2 heterocycles. The highest BCUT2D eigenvalue weighted by molar-refractivity contribution is 7.98. The molecule has 0 saturated heterocycles. The van der Waals surface area contributed by atoms with Crippen LogP contribution in [0.25, 0.3) is 11.4 Å². The van der Waals surface area contributed by atoms with Gasteiger partial charge in [0.15, 0.2) is 5.69 Å². The smallest absolute Gasteiger partial charge is 0.278 e. The number of carbonyl (C=O) groups excluding carboxylic acids is 1. The summed E-state index contributed by atoms with van der Waals surface area (Å²) in [4.78, 5) is 12.9. The third-order valence-corrected chi connectivity index (χ3v) is 5.12. The van der Waals surface area contributed by atoms with Gasteiger partial charge in [-0.25, -0.2) is 4.68 Å². The molecule has 2 aromatic heterocycles. The topological polar surface area (TPSA) is 113 Å². The van der Waals surface area contributed by atoms with Gasteiger partial charge in [-0.1, -0.05) is 29.1 Å². The van der Waals surface area contributed by atoms with Crippen molar-refractivity contribution in [2.24, 2.45) is 0 Å². The van der Waals surface area contributed by atoms with Crippen LogP contribution in [0.15, 0.2) is 53.7 Å². The van der Waals surface area contributed by atoms with E-state index in [2.05, 4.69) is 31.2 Å². The molecule has 4 rings (SSSR count). The highest BCUT2D eigenvalue weighted by Gasteiger charge is 2.21. The number of carbonyl (C=O) groups is 1. The number of methoxy groups -OCH3 is 1. The van der Waals surface area contributed by atoms with Crippen LogP contribution in [0.5, 0.6) is 0 Å². The van der Waals surface area contributed by atoms with E-state index >= 15 is 0 Å². The molecule has 11 heteroatoms. The van der Waals surface area contributed by atoms with Gasteiger partial charge >= 0.3 is 0 Å². The second kappa shape index (κ2) is 9.06. The van der Waals surface area contributed by atoms with Gasteiger partial charge in [0.1, 0.15) is 5.69 Å². The fraction of sp³-hybridized carbons (Fsp3) is 0.200. The van der Waals surface area contributed by atoms with Gasteiger partial charge in [-0.05, 0) is 65.6 Å². The molecule has 0 fully saturated rings. The van der Waals surface area contributed by atoms with Crippen LogP contribution >= 0.6 is 11.8 Å². The molecule has 158 valence electrons. The minimum Gasteiger partial charge on any atom is -0.378 e. The third kappa shape index (κ3) is 4.32. The van der Waals surface area contributed by atoms with Crippen LogP contribution in [-0.2, 0) is 11.3 Å². The highest BCUT2D eigenvalue weighted by Crippen LogP contribution is 2.20. The maximum absolute atomic E-state index is 12.9. The molecule has 1 N–H and O–H groups in total. The maximum atomic E-state index is 12.9. The van der Waals surface area contributed by atoms with Gasteiger partial charge in [0.2, 0.25) is 5.16 Å². The average Bonchev–Trinajstić information content (AvgIpc) is 3.42. The molecule has 10 nitrogen and oxygen atoms in total. The Bertz CT molecular complexity index is 1200. The van der Waals surface area contributed by atoms with Gasteiger partial charge in [0, 0.05) is 12.8 Å². The van der Waals surface area contributed by atoms with E-state index in [1.165, 1.54) is 11.8 Å². The highest BCUT2D eigenvalue weighted by atomic mass is 32.2. The Morgan fingerprint density at radius 3 is 2.58 bits per heavy atom. The average molecular weight is 437 g/mol. The van der Waals surface area contributed by atoms with Gasteiger partial charge in [-0.3, -0.25) is 4.79 Å².